The van der Waals surface area contributed by atoms with Crippen molar-refractivity contribution in [2.24, 2.45) is 11.8 Å². The minimum Gasteiger partial charge on any atom is -0.414 e. The Balaban J connectivity index is 1.58. The lowest BCUT2D eigenvalue weighted by molar-refractivity contribution is -0.240. The molecule has 0 aromatic heterocycles. The normalized spacial score (nSPS) is 31.2. The van der Waals surface area contributed by atoms with E-state index in [9.17, 15) is 4.79 Å². The molecule has 3 aliphatic rings. The maximum atomic E-state index is 14.4. The van der Waals surface area contributed by atoms with Gasteiger partial charge in [-0.15, -0.1) is 0 Å². The van der Waals surface area contributed by atoms with Crippen LogP contribution in [-0.4, -0.2) is 58.5 Å². The predicted octanol–water partition coefficient (Wildman–Crippen LogP) is 8.87. The van der Waals surface area contributed by atoms with E-state index >= 15 is 0 Å². The Kier molecular flexibility index (Phi) is 10.1. The molecule has 2 bridgehead atoms. The topological polar surface area (TPSA) is 63.2 Å². The van der Waals surface area contributed by atoms with Crippen molar-refractivity contribution >= 4 is 22.4 Å². The third-order valence-corrected chi connectivity index (χ3v) is 20.9. The van der Waals surface area contributed by atoms with Gasteiger partial charge in [0.15, 0.2) is 22.4 Å². The van der Waals surface area contributed by atoms with Crippen molar-refractivity contribution in [1.82, 2.24) is 0 Å². The Morgan fingerprint density at radius 2 is 1.28 bits per heavy atom. The lowest BCUT2D eigenvalue weighted by Crippen LogP contribution is -2.69. The predicted molar refractivity (Wildman–Crippen MR) is 193 cm³/mol. The van der Waals surface area contributed by atoms with Crippen LogP contribution < -0.4 is 0 Å². The third-order valence-electron chi connectivity index (χ3n) is 11.9. The second kappa shape index (κ2) is 13.1. The fraction of sp³-hybridized carbons (Fsp3) is 0.615. The van der Waals surface area contributed by atoms with E-state index in [1.807, 2.05) is 42.5 Å². The van der Waals surface area contributed by atoms with Crippen LogP contribution in [0, 0.1) is 11.8 Å². The summed E-state index contributed by atoms with van der Waals surface area (Å²) in [5.74, 6) is -0.521. The molecule has 1 spiro atoms. The molecule has 2 fully saturated rings. The molecular weight excluding hydrogens is 621 g/mol. The average Bonchev–Trinajstić information content (AvgIpc) is 3.30. The van der Waals surface area contributed by atoms with E-state index in [1.165, 1.54) is 0 Å². The zero-order valence-electron chi connectivity index (χ0n) is 30.6. The summed E-state index contributed by atoms with van der Waals surface area (Å²) in [5.41, 5.74) is 0.330. The smallest absolute Gasteiger partial charge is 0.192 e. The van der Waals surface area contributed by atoms with Gasteiger partial charge in [0, 0.05) is 11.8 Å². The molecule has 1 saturated heterocycles. The third kappa shape index (κ3) is 7.07. The van der Waals surface area contributed by atoms with Crippen LogP contribution in [0.1, 0.15) is 66.0 Å². The van der Waals surface area contributed by atoms with Gasteiger partial charge in [-0.05, 0) is 66.0 Å². The van der Waals surface area contributed by atoms with Crippen LogP contribution in [-0.2, 0) is 41.1 Å². The summed E-state index contributed by atoms with van der Waals surface area (Å²) < 4.78 is 35.3. The number of rotatable bonds is 11. The molecule has 2 aliphatic heterocycles. The van der Waals surface area contributed by atoms with Gasteiger partial charge in [0.05, 0.1) is 32.0 Å². The van der Waals surface area contributed by atoms with E-state index in [2.05, 4.69) is 98.9 Å². The van der Waals surface area contributed by atoms with Gasteiger partial charge >= 0.3 is 0 Å². The van der Waals surface area contributed by atoms with Gasteiger partial charge in [-0.1, -0.05) is 109 Å². The quantitative estimate of drug-likeness (QED) is 0.221. The van der Waals surface area contributed by atoms with Crippen molar-refractivity contribution in [3.8, 4) is 0 Å². The van der Waals surface area contributed by atoms with Crippen LogP contribution in [0.15, 0.2) is 72.8 Å². The zero-order valence-corrected chi connectivity index (χ0v) is 32.6. The van der Waals surface area contributed by atoms with E-state index in [-0.39, 0.29) is 27.7 Å². The van der Waals surface area contributed by atoms with Gasteiger partial charge in [-0.3, -0.25) is 4.79 Å². The van der Waals surface area contributed by atoms with Gasteiger partial charge in [0.25, 0.3) is 0 Å². The van der Waals surface area contributed by atoms with E-state index in [0.29, 0.717) is 26.2 Å². The van der Waals surface area contributed by atoms with Gasteiger partial charge in [-0.25, -0.2) is 0 Å². The molecule has 258 valence electrons. The van der Waals surface area contributed by atoms with Gasteiger partial charge < -0.3 is 23.1 Å². The molecule has 0 amide bonds. The monoisotopic (exact) mass is 678 g/mol. The molecule has 0 N–H and O–H groups in total. The summed E-state index contributed by atoms with van der Waals surface area (Å²) in [4.78, 5) is 14.4. The SMILES string of the molecule is C[C@@H]1[C@@H](O[Si](C)(C)C(C)(C)C)[C@H](OCc2ccccc2)[C@H](OCc2ccccc2)[C@H]2C[C@]3(CO[Si](C)(C)C(C)(C)C)C=CC(=O)[C@]12O3. The second-order valence-electron chi connectivity index (χ2n) is 17.2. The number of carbonyl (C=O) groups is 1. The van der Waals surface area contributed by atoms with Crippen LogP contribution >= 0.6 is 0 Å². The molecule has 2 aromatic rings. The molecule has 1 aliphatic carbocycles. The van der Waals surface area contributed by atoms with Crippen molar-refractivity contribution < 1.29 is 27.9 Å². The molecule has 5 rings (SSSR count). The van der Waals surface area contributed by atoms with Crippen molar-refractivity contribution in [2.75, 3.05) is 6.61 Å². The number of hydrogen-bond donors (Lipinski definition) is 0. The number of ketones is 1. The molecule has 2 heterocycles. The van der Waals surface area contributed by atoms with Crippen LogP contribution in [0.3, 0.4) is 0 Å². The number of hydrogen-bond acceptors (Lipinski definition) is 6. The highest BCUT2D eigenvalue weighted by Crippen LogP contribution is 2.59. The summed E-state index contributed by atoms with van der Waals surface area (Å²) in [7, 11) is -4.43. The first kappa shape index (κ1) is 36.4. The summed E-state index contributed by atoms with van der Waals surface area (Å²) in [6.45, 7) is 26.0. The van der Waals surface area contributed by atoms with Gasteiger partial charge in [0.2, 0.25) is 0 Å². The number of benzene rings is 2. The largest absolute Gasteiger partial charge is 0.414 e. The Morgan fingerprint density at radius 3 is 1.79 bits per heavy atom. The molecular formula is C39H58O6Si2. The molecule has 2 aromatic carbocycles. The maximum Gasteiger partial charge on any atom is 0.192 e. The fourth-order valence-corrected chi connectivity index (χ4v) is 9.32. The van der Waals surface area contributed by atoms with Crippen LogP contribution in [0.5, 0.6) is 0 Å². The fourth-order valence-electron chi connectivity index (χ4n) is 6.91. The molecule has 1 saturated carbocycles. The van der Waals surface area contributed by atoms with E-state index in [4.69, 9.17) is 23.1 Å². The van der Waals surface area contributed by atoms with Gasteiger partial charge in [0.1, 0.15) is 17.3 Å². The highest BCUT2D eigenvalue weighted by atomic mass is 28.4. The Morgan fingerprint density at radius 1 is 0.766 bits per heavy atom. The zero-order chi connectivity index (χ0) is 34.5. The van der Waals surface area contributed by atoms with E-state index in [1.54, 1.807) is 6.08 Å². The molecule has 8 heteroatoms. The first-order valence-corrected chi connectivity index (χ1v) is 23.2. The van der Waals surface area contributed by atoms with Gasteiger partial charge in [-0.2, -0.15) is 0 Å². The summed E-state index contributed by atoms with van der Waals surface area (Å²) in [6, 6.07) is 20.5. The Hall–Kier alpha value is -1.92. The molecule has 0 unspecified atom stereocenters. The summed E-state index contributed by atoms with van der Waals surface area (Å²) >= 11 is 0. The van der Waals surface area contributed by atoms with Crippen LogP contribution in [0.2, 0.25) is 36.3 Å². The molecule has 0 radical (unpaired) electrons. The van der Waals surface area contributed by atoms with E-state index in [0.717, 1.165) is 11.1 Å². The number of fused-ring (bicyclic) bond motifs is 1. The average molecular weight is 679 g/mol. The maximum absolute atomic E-state index is 14.4. The first-order chi connectivity index (χ1) is 21.8. The van der Waals surface area contributed by atoms with Crippen LogP contribution in [0.25, 0.3) is 0 Å². The Labute approximate surface area is 285 Å². The first-order valence-electron chi connectivity index (χ1n) is 17.4. The van der Waals surface area contributed by atoms with Crippen molar-refractivity contribution in [1.29, 1.82) is 0 Å². The molecule has 6 nitrogen and oxygen atoms in total. The van der Waals surface area contributed by atoms with Crippen molar-refractivity contribution in [3.63, 3.8) is 0 Å². The standard InChI is InChI=1S/C39H58O6Si2/c1-28-33(44-47(10,11)37(5,6)7)35(42-26-30-20-16-13-17-21-30)34(41-25-29-18-14-12-15-19-29)31-24-38(23-22-32(40)39(28,31)45-38)27-43-46(8,9)36(2,3)4/h12-23,28,31,33-35H,24-27H2,1-11H3/t28-,31-,33-,34-,35+,38+,39+/m1/s1. The Bertz CT molecular complexity index is 1410. The van der Waals surface area contributed by atoms with Crippen molar-refractivity contribution in [2.45, 2.75) is 134 Å². The highest BCUT2D eigenvalue weighted by Gasteiger charge is 2.71. The minimum absolute atomic E-state index is 0.00546. The lowest BCUT2D eigenvalue weighted by Gasteiger charge is -2.55. The minimum atomic E-state index is -2.33. The van der Waals surface area contributed by atoms with E-state index < -0.39 is 46.1 Å². The molecule has 47 heavy (non-hydrogen) atoms. The summed E-state index contributed by atoms with van der Waals surface area (Å²) in [6.07, 6.45) is 3.08. The highest BCUT2D eigenvalue weighted by molar-refractivity contribution is 6.74. The van der Waals surface area contributed by atoms with Crippen LogP contribution in [0.4, 0.5) is 0 Å². The second-order valence-corrected chi connectivity index (χ2v) is 26.7. The number of carbonyl (C=O) groups excluding carboxylic acids is 1. The molecule has 7 atom stereocenters. The van der Waals surface area contributed by atoms with Crippen molar-refractivity contribution in [3.05, 3.63) is 83.9 Å². The summed E-state index contributed by atoms with van der Waals surface area (Å²) in [5, 5.41) is 0.00731. The lowest BCUT2D eigenvalue weighted by atomic mass is 9.63. The number of ether oxygens (including phenoxy) is 3.